The van der Waals surface area contributed by atoms with Crippen molar-refractivity contribution >= 4 is 39.7 Å². The van der Waals surface area contributed by atoms with Gasteiger partial charge in [-0.25, -0.2) is 0 Å². The van der Waals surface area contributed by atoms with Crippen LogP contribution in [0.2, 0.25) is 65.0 Å². The molecule has 0 amide bonds. The van der Waals surface area contributed by atoms with E-state index in [1.165, 1.54) is 0 Å². The van der Waals surface area contributed by atoms with E-state index in [1.807, 2.05) is 0 Å². The van der Waals surface area contributed by atoms with Crippen LogP contribution in [0.4, 0.5) is 0 Å². The van der Waals surface area contributed by atoms with Crippen LogP contribution in [0.1, 0.15) is 12.8 Å². The predicted molar refractivity (Wildman–Crippen MR) is 109 cm³/mol. The molecule has 0 aromatic rings. The van der Waals surface area contributed by atoms with Crippen molar-refractivity contribution in [3.8, 4) is 0 Å². The third kappa shape index (κ3) is 11.7. The smallest absolute Gasteiger partial charge is 0.315 e. The van der Waals surface area contributed by atoms with Crippen molar-refractivity contribution < 1.29 is 22.2 Å². The summed E-state index contributed by atoms with van der Waals surface area (Å²) in [5, 5.41) is 8.93. The number of hydrogen-bond donors (Lipinski definition) is 1. The Bertz CT molecular complexity index is 417. The molecule has 2 atom stereocenters. The quantitative estimate of drug-likeness (QED) is 0.503. The minimum atomic E-state index is -2.45. The van der Waals surface area contributed by atoms with Gasteiger partial charge in [0.2, 0.25) is 0 Å². The third-order valence-corrected chi connectivity index (χ3v) is 16.5. The molecule has 0 rings (SSSR count). The first-order valence-electron chi connectivity index (χ1n) is 8.54. The van der Waals surface area contributed by atoms with E-state index in [2.05, 4.69) is 58.9 Å². The van der Waals surface area contributed by atoms with E-state index in [9.17, 15) is 4.79 Å². The summed E-state index contributed by atoms with van der Waals surface area (Å²) >= 11 is 0. The number of rotatable bonds is 11. The molecule has 0 heterocycles. The van der Waals surface area contributed by atoms with Gasteiger partial charge in [0.05, 0.1) is 5.92 Å². The lowest BCUT2D eigenvalue weighted by Gasteiger charge is -2.41. The van der Waals surface area contributed by atoms with Crippen LogP contribution < -0.4 is 0 Å². The molecular formula is C15H36O5Si4. The Balaban J connectivity index is 5.04. The molecule has 0 aromatic heterocycles. The van der Waals surface area contributed by atoms with Crippen LogP contribution in [0.3, 0.4) is 0 Å². The lowest BCUT2D eigenvalue weighted by molar-refractivity contribution is -0.140. The van der Waals surface area contributed by atoms with Gasteiger partial charge in [-0.3, -0.25) is 4.79 Å². The molecule has 0 spiro atoms. The average molecular weight is 409 g/mol. The summed E-state index contributed by atoms with van der Waals surface area (Å²) in [4.78, 5) is 10.9. The van der Waals surface area contributed by atoms with Crippen molar-refractivity contribution in [2.75, 3.05) is 0 Å². The van der Waals surface area contributed by atoms with E-state index in [-0.39, 0.29) is 0 Å². The topological polar surface area (TPSA) is 65.0 Å². The molecule has 0 bridgehead atoms. The second-order valence-corrected chi connectivity index (χ2v) is 25.4. The Morgan fingerprint density at radius 1 is 0.917 bits per heavy atom. The van der Waals surface area contributed by atoms with Crippen molar-refractivity contribution in [2.24, 2.45) is 5.92 Å². The van der Waals surface area contributed by atoms with Crippen molar-refractivity contribution in [3.05, 3.63) is 6.92 Å². The molecule has 0 aliphatic heterocycles. The molecule has 2 radical (unpaired) electrons. The van der Waals surface area contributed by atoms with Crippen LogP contribution >= 0.6 is 0 Å². The van der Waals surface area contributed by atoms with Crippen molar-refractivity contribution in [3.63, 3.8) is 0 Å². The first-order valence-corrected chi connectivity index (χ1v) is 20.7. The zero-order valence-corrected chi connectivity index (χ0v) is 20.9. The van der Waals surface area contributed by atoms with Crippen LogP contribution in [0.25, 0.3) is 0 Å². The number of carboxylic acid groups (broad SMARTS) is 1. The second kappa shape index (κ2) is 8.74. The highest BCUT2D eigenvalue weighted by molar-refractivity contribution is 6.89. The monoisotopic (exact) mass is 408 g/mol. The van der Waals surface area contributed by atoms with Gasteiger partial charge in [-0.1, -0.05) is 6.42 Å². The van der Waals surface area contributed by atoms with E-state index in [0.29, 0.717) is 12.8 Å². The van der Waals surface area contributed by atoms with E-state index in [1.54, 1.807) is 0 Å². The standard InChI is InChI=1S/C15H36O5Si4/c1-14(15(16)17)12-11-13-24(10,19-22(5,6)7)20-23(8,9)18-21(2,3)4/h1,14H,11-13H2,2-10H3,(H,16,17). The highest BCUT2D eigenvalue weighted by Crippen LogP contribution is 2.28. The summed E-state index contributed by atoms with van der Waals surface area (Å²) in [5.41, 5.74) is 0. The van der Waals surface area contributed by atoms with Crippen molar-refractivity contribution in [2.45, 2.75) is 77.8 Å². The average Bonchev–Trinajstić information content (AvgIpc) is 2.20. The van der Waals surface area contributed by atoms with Crippen LogP contribution in [0.5, 0.6) is 0 Å². The molecule has 0 aromatic carbocycles. The summed E-state index contributed by atoms with van der Waals surface area (Å²) in [6.07, 6.45) is 1.13. The molecule has 24 heavy (non-hydrogen) atoms. The lowest BCUT2D eigenvalue weighted by atomic mass is 10.1. The van der Waals surface area contributed by atoms with Crippen molar-refractivity contribution in [1.29, 1.82) is 0 Å². The van der Waals surface area contributed by atoms with Gasteiger partial charge >= 0.3 is 23.1 Å². The lowest BCUT2D eigenvalue weighted by Crippen LogP contribution is -2.56. The summed E-state index contributed by atoms with van der Waals surface area (Å²) in [5.74, 6) is -1.78. The van der Waals surface area contributed by atoms with Gasteiger partial charge in [-0.2, -0.15) is 0 Å². The molecule has 142 valence electrons. The summed E-state index contributed by atoms with van der Waals surface area (Å²) < 4.78 is 19.3. The number of aliphatic carboxylic acids is 1. The molecule has 9 heteroatoms. The molecule has 1 N–H and O–H groups in total. The zero-order chi connectivity index (χ0) is 19.4. The van der Waals surface area contributed by atoms with Gasteiger partial charge in [0.25, 0.3) is 0 Å². The highest BCUT2D eigenvalue weighted by atomic mass is 28.5. The van der Waals surface area contributed by atoms with Gasteiger partial charge in [-0.05, 0) is 78.3 Å². The maximum Gasteiger partial charge on any atom is 0.315 e. The Labute approximate surface area is 152 Å². The second-order valence-electron chi connectivity index (χ2n) is 8.90. The molecule has 0 saturated heterocycles. The maximum absolute atomic E-state index is 10.9. The zero-order valence-electron chi connectivity index (χ0n) is 16.9. The molecule has 5 nitrogen and oxygen atoms in total. The fraction of sp³-hybridized carbons (Fsp3) is 0.867. The molecular weight excluding hydrogens is 373 g/mol. The van der Waals surface area contributed by atoms with Crippen LogP contribution in [0.15, 0.2) is 0 Å². The largest absolute Gasteiger partial charge is 0.481 e. The van der Waals surface area contributed by atoms with Crippen molar-refractivity contribution in [1.82, 2.24) is 0 Å². The van der Waals surface area contributed by atoms with E-state index in [0.717, 1.165) is 6.04 Å². The molecule has 0 saturated carbocycles. The SMILES string of the molecule is [CH]C(CCC[Si](C)(O[Si](C)(C)C)O[Si](C)(C)O[Si](C)(C)C)C(=O)O. The van der Waals surface area contributed by atoms with Crippen LogP contribution in [-0.4, -0.2) is 44.8 Å². The molecule has 2 unspecified atom stereocenters. The van der Waals surface area contributed by atoms with E-state index in [4.69, 9.17) is 24.4 Å². The van der Waals surface area contributed by atoms with Gasteiger partial charge in [0.15, 0.2) is 16.6 Å². The minimum absolute atomic E-state index is 0.438. The van der Waals surface area contributed by atoms with E-state index >= 15 is 0 Å². The molecule has 0 aliphatic carbocycles. The van der Waals surface area contributed by atoms with Gasteiger partial charge in [0, 0.05) is 0 Å². The van der Waals surface area contributed by atoms with Gasteiger partial charge in [-0.15, -0.1) is 0 Å². The van der Waals surface area contributed by atoms with E-state index < -0.39 is 45.6 Å². The maximum atomic E-state index is 10.9. The van der Waals surface area contributed by atoms with Gasteiger partial charge in [0.1, 0.15) is 0 Å². The summed E-state index contributed by atoms with van der Waals surface area (Å²) in [6, 6.07) is 0.740. The Kier molecular flexibility index (Phi) is 8.82. The Morgan fingerprint density at radius 3 is 1.75 bits per heavy atom. The van der Waals surface area contributed by atoms with Gasteiger partial charge < -0.3 is 17.5 Å². The fourth-order valence-corrected chi connectivity index (χ4v) is 20.8. The number of hydrogen-bond acceptors (Lipinski definition) is 4. The third-order valence-electron chi connectivity index (χ3n) is 3.00. The normalized spacial score (nSPS) is 17.4. The number of carbonyl (C=O) groups is 1. The summed E-state index contributed by atoms with van der Waals surface area (Å²) in [6.45, 7) is 24.8. The summed E-state index contributed by atoms with van der Waals surface area (Å²) in [7, 11) is -8.23. The fourth-order valence-electron chi connectivity index (χ4n) is 2.82. The first-order chi connectivity index (χ1) is 10.4. The van der Waals surface area contributed by atoms with Crippen LogP contribution in [0, 0.1) is 12.8 Å². The first kappa shape index (κ1) is 24.2. The highest BCUT2D eigenvalue weighted by Gasteiger charge is 2.44. The Hall–Kier alpha value is 0.218. The number of carboxylic acids is 1. The Morgan fingerprint density at radius 2 is 1.38 bits per heavy atom. The molecule has 0 fully saturated rings. The minimum Gasteiger partial charge on any atom is -0.481 e. The molecule has 0 aliphatic rings. The van der Waals surface area contributed by atoms with Crippen LogP contribution in [-0.2, 0) is 17.1 Å². The predicted octanol–water partition coefficient (Wildman–Crippen LogP) is 4.67.